The molecule has 19 heavy (non-hydrogen) atoms. The van der Waals surface area contributed by atoms with Gasteiger partial charge in [-0.25, -0.2) is 4.79 Å². The van der Waals surface area contributed by atoms with Gasteiger partial charge in [-0.05, 0) is 43.8 Å². The maximum atomic E-state index is 12.3. The lowest BCUT2D eigenvalue weighted by atomic mass is 9.91. The Morgan fingerprint density at radius 2 is 1.95 bits per heavy atom. The molecule has 6 heteroatoms. The van der Waals surface area contributed by atoms with Crippen molar-refractivity contribution >= 4 is 35.0 Å². The molecule has 2 heterocycles. The van der Waals surface area contributed by atoms with Crippen LogP contribution in [0.1, 0.15) is 33.6 Å². The monoisotopic (exact) mass is 299 g/mol. The zero-order valence-electron chi connectivity index (χ0n) is 11.0. The third kappa shape index (κ3) is 2.79. The van der Waals surface area contributed by atoms with E-state index in [0.717, 1.165) is 21.9 Å². The van der Waals surface area contributed by atoms with E-state index in [0.29, 0.717) is 18.4 Å². The molecule has 0 aromatic carbocycles. The van der Waals surface area contributed by atoms with Gasteiger partial charge in [-0.2, -0.15) is 11.8 Å². The molecular weight excluding hydrogens is 282 g/mol. The summed E-state index contributed by atoms with van der Waals surface area (Å²) in [7, 11) is 0. The summed E-state index contributed by atoms with van der Waals surface area (Å²) < 4.78 is 0. The number of nitrogens with one attached hydrogen (secondary N) is 1. The Labute approximate surface area is 120 Å². The van der Waals surface area contributed by atoms with E-state index in [4.69, 9.17) is 0 Å². The molecule has 1 amide bonds. The largest absolute Gasteiger partial charge is 0.480 e. The van der Waals surface area contributed by atoms with Gasteiger partial charge in [0.25, 0.3) is 5.91 Å². The van der Waals surface area contributed by atoms with Gasteiger partial charge in [0.05, 0.1) is 5.56 Å². The van der Waals surface area contributed by atoms with Crippen LogP contribution in [0.5, 0.6) is 0 Å². The van der Waals surface area contributed by atoms with E-state index in [2.05, 4.69) is 5.32 Å². The van der Waals surface area contributed by atoms with Crippen molar-refractivity contribution in [1.82, 2.24) is 5.32 Å². The number of carboxylic acid groups (broad SMARTS) is 1. The van der Waals surface area contributed by atoms with Crippen molar-refractivity contribution < 1.29 is 14.7 Å². The number of thioether (sulfide) groups is 1. The summed E-state index contributed by atoms with van der Waals surface area (Å²) in [6.07, 6.45) is 0.974. The number of aryl methyl sites for hydroxylation is 1. The van der Waals surface area contributed by atoms with E-state index < -0.39 is 11.5 Å². The lowest BCUT2D eigenvalue weighted by Crippen LogP contribution is -2.56. The van der Waals surface area contributed by atoms with Crippen LogP contribution in [0.15, 0.2) is 5.38 Å². The maximum absolute atomic E-state index is 12.3. The molecule has 2 N–H and O–H groups in total. The summed E-state index contributed by atoms with van der Waals surface area (Å²) in [4.78, 5) is 24.9. The first-order valence-electron chi connectivity index (χ1n) is 6.14. The number of rotatable bonds is 3. The third-order valence-corrected chi connectivity index (χ3v) is 5.64. The van der Waals surface area contributed by atoms with E-state index >= 15 is 0 Å². The first kappa shape index (κ1) is 14.4. The maximum Gasteiger partial charge on any atom is 0.329 e. The number of hydrogen-bond donors (Lipinski definition) is 2. The minimum Gasteiger partial charge on any atom is -0.480 e. The predicted molar refractivity (Wildman–Crippen MR) is 78.2 cm³/mol. The smallest absolute Gasteiger partial charge is 0.329 e. The van der Waals surface area contributed by atoms with Crippen molar-refractivity contribution in [3.8, 4) is 0 Å². The van der Waals surface area contributed by atoms with Gasteiger partial charge in [0, 0.05) is 10.3 Å². The molecule has 1 saturated heterocycles. The molecule has 1 aromatic rings. The van der Waals surface area contributed by atoms with E-state index in [1.807, 2.05) is 13.8 Å². The quantitative estimate of drug-likeness (QED) is 0.899. The topological polar surface area (TPSA) is 66.4 Å². The first-order valence-corrected chi connectivity index (χ1v) is 8.18. The van der Waals surface area contributed by atoms with Crippen LogP contribution in [-0.4, -0.2) is 34.0 Å². The van der Waals surface area contributed by atoms with Crippen molar-refractivity contribution in [2.24, 2.45) is 0 Å². The molecule has 1 aromatic heterocycles. The van der Waals surface area contributed by atoms with Crippen LogP contribution in [0.25, 0.3) is 0 Å². The molecule has 0 aliphatic carbocycles. The van der Waals surface area contributed by atoms with Crippen LogP contribution in [0.3, 0.4) is 0 Å². The summed E-state index contributed by atoms with van der Waals surface area (Å²) in [5, 5.41) is 14.0. The number of carbonyl (C=O) groups is 2. The van der Waals surface area contributed by atoms with E-state index in [9.17, 15) is 14.7 Å². The number of carbonyl (C=O) groups excluding carboxylic acids is 1. The number of carboxylic acids is 1. The molecule has 0 spiro atoms. The molecule has 104 valence electrons. The Bertz CT molecular complexity index is 504. The van der Waals surface area contributed by atoms with Crippen LogP contribution in [0, 0.1) is 13.8 Å². The summed E-state index contributed by atoms with van der Waals surface area (Å²) in [5.74, 6) is 0.351. The first-order chi connectivity index (χ1) is 8.96. The van der Waals surface area contributed by atoms with Gasteiger partial charge in [0.1, 0.15) is 5.54 Å². The van der Waals surface area contributed by atoms with E-state index in [1.165, 1.54) is 11.3 Å². The van der Waals surface area contributed by atoms with Crippen molar-refractivity contribution in [3.63, 3.8) is 0 Å². The van der Waals surface area contributed by atoms with Crippen molar-refractivity contribution in [3.05, 3.63) is 21.4 Å². The molecular formula is C13H17NO3S2. The molecule has 0 radical (unpaired) electrons. The second-order valence-corrected chi connectivity index (χ2v) is 7.09. The third-order valence-electron chi connectivity index (χ3n) is 3.64. The van der Waals surface area contributed by atoms with Crippen LogP contribution < -0.4 is 5.32 Å². The predicted octanol–water partition coefficient (Wildman–Crippen LogP) is 2.45. The lowest BCUT2D eigenvalue weighted by Gasteiger charge is -2.33. The highest BCUT2D eigenvalue weighted by molar-refractivity contribution is 7.99. The summed E-state index contributed by atoms with van der Waals surface area (Å²) in [5.41, 5.74) is 0.444. The van der Waals surface area contributed by atoms with Crippen LogP contribution in [0.4, 0.5) is 0 Å². The summed E-state index contributed by atoms with van der Waals surface area (Å²) in [6, 6.07) is 0. The average Bonchev–Trinajstić information content (AvgIpc) is 2.71. The molecule has 1 aliphatic heterocycles. The Morgan fingerprint density at radius 1 is 1.32 bits per heavy atom. The Morgan fingerprint density at radius 3 is 2.42 bits per heavy atom. The molecule has 1 fully saturated rings. The fourth-order valence-electron chi connectivity index (χ4n) is 2.13. The summed E-state index contributed by atoms with van der Waals surface area (Å²) in [6.45, 7) is 3.85. The van der Waals surface area contributed by atoms with Gasteiger partial charge in [-0.15, -0.1) is 11.3 Å². The second kappa shape index (κ2) is 5.54. The van der Waals surface area contributed by atoms with E-state index in [-0.39, 0.29) is 5.91 Å². The summed E-state index contributed by atoms with van der Waals surface area (Å²) >= 11 is 3.25. The molecule has 0 atom stereocenters. The second-order valence-electron chi connectivity index (χ2n) is 4.78. The van der Waals surface area contributed by atoms with Crippen molar-refractivity contribution in [1.29, 1.82) is 0 Å². The highest BCUT2D eigenvalue weighted by Crippen LogP contribution is 2.29. The fourth-order valence-corrected chi connectivity index (χ4v) is 4.19. The van der Waals surface area contributed by atoms with Gasteiger partial charge < -0.3 is 10.4 Å². The van der Waals surface area contributed by atoms with Crippen LogP contribution in [-0.2, 0) is 4.79 Å². The highest BCUT2D eigenvalue weighted by Gasteiger charge is 2.41. The Hall–Kier alpha value is -1.01. The number of thiophene rings is 1. The number of amides is 1. The van der Waals surface area contributed by atoms with Gasteiger partial charge >= 0.3 is 5.97 Å². The van der Waals surface area contributed by atoms with Gasteiger partial charge in [-0.1, -0.05) is 0 Å². The van der Waals surface area contributed by atoms with E-state index in [1.54, 1.807) is 17.1 Å². The zero-order chi connectivity index (χ0) is 14.0. The van der Waals surface area contributed by atoms with Crippen LogP contribution in [0.2, 0.25) is 0 Å². The number of aliphatic carboxylic acids is 1. The number of hydrogen-bond acceptors (Lipinski definition) is 4. The van der Waals surface area contributed by atoms with Crippen molar-refractivity contribution in [2.45, 2.75) is 32.2 Å². The molecule has 0 saturated carbocycles. The van der Waals surface area contributed by atoms with Crippen molar-refractivity contribution in [2.75, 3.05) is 11.5 Å². The molecule has 0 unspecified atom stereocenters. The Balaban J connectivity index is 2.20. The van der Waals surface area contributed by atoms with Gasteiger partial charge in [0.15, 0.2) is 0 Å². The SMILES string of the molecule is Cc1scc(C(=O)NC2(C(=O)O)CCSCC2)c1C. The Kier molecular flexibility index (Phi) is 4.20. The normalized spacial score (nSPS) is 18.0. The van der Waals surface area contributed by atoms with Gasteiger partial charge in [-0.3, -0.25) is 4.79 Å². The lowest BCUT2D eigenvalue weighted by molar-refractivity contribution is -0.144. The minimum absolute atomic E-state index is 0.267. The standard InChI is InChI=1S/C13H17NO3S2/c1-8-9(2)19-7-10(8)11(15)14-13(12(16)17)3-5-18-6-4-13/h7H,3-6H2,1-2H3,(H,14,15)(H,16,17). The highest BCUT2D eigenvalue weighted by atomic mass is 32.2. The molecule has 2 rings (SSSR count). The van der Waals surface area contributed by atoms with Crippen LogP contribution >= 0.6 is 23.1 Å². The average molecular weight is 299 g/mol. The van der Waals surface area contributed by atoms with Gasteiger partial charge in [0.2, 0.25) is 0 Å². The molecule has 4 nitrogen and oxygen atoms in total. The fraction of sp³-hybridized carbons (Fsp3) is 0.538. The molecule has 0 bridgehead atoms. The minimum atomic E-state index is -1.09. The molecule has 1 aliphatic rings. The zero-order valence-corrected chi connectivity index (χ0v) is 12.6.